The molecule has 0 aliphatic heterocycles. The normalized spacial score (nSPS) is 24.3. The van der Waals surface area contributed by atoms with Gasteiger partial charge in [0, 0.05) is 11.1 Å². The van der Waals surface area contributed by atoms with E-state index >= 15 is 0 Å². The van der Waals surface area contributed by atoms with Gasteiger partial charge in [-0.3, -0.25) is 0 Å². The molecule has 0 atom stereocenters. The number of hydrogen-bond donors (Lipinski definition) is 1. The van der Waals surface area contributed by atoms with Gasteiger partial charge in [0.25, 0.3) is 0 Å². The maximum absolute atomic E-state index is 13.7. The Morgan fingerprint density at radius 2 is 1.89 bits per heavy atom. The fourth-order valence-electron chi connectivity index (χ4n) is 2.76. The van der Waals surface area contributed by atoms with Gasteiger partial charge in [-0.25, -0.2) is 4.39 Å². The molecular weight excluding hydrogens is 249 g/mol. The van der Waals surface area contributed by atoms with Crippen molar-refractivity contribution in [3.8, 4) is 0 Å². The number of halogens is 2. The van der Waals surface area contributed by atoms with E-state index in [9.17, 15) is 4.39 Å². The number of anilines is 1. The second-order valence-corrected chi connectivity index (χ2v) is 6.06. The second kappa shape index (κ2) is 5.92. The fourth-order valence-corrected chi connectivity index (χ4v) is 2.92. The minimum absolute atomic E-state index is 0.256. The maximum atomic E-state index is 13.7. The van der Waals surface area contributed by atoms with Gasteiger partial charge in [-0.05, 0) is 55.7 Å². The van der Waals surface area contributed by atoms with Gasteiger partial charge >= 0.3 is 0 Å². The third-order valence-electron chi connectivity index (χ3n) is 4.01. The molecule has 0 spiro atoms. The summed E-state index contributed by atoms with van der Waals surface area (Å²) in [6.07, 6.45) is 4.74. The summed E-state index contributed by atoms with van der Waals surface area (Å²) in [6, 6.07) is 5.22. The van der Waals surface area contributed by atoms with Crippen LogP contribution in [0.1, 0.15) is 39.5 Å². The summed E-state index contributed by atoms with van der Waals surface area (Å²) in [6.45, 7) is 4.58. The molecule has 3 heteroatoms. The van der Waals surface area contributed by atoms with Crippen LogP contribution in [-0.2, 0) is 0 Å². The monoisotopic (exact) mass is 269 g/mol. The Labute approximate surface area is 114 Å². The third-order valence-corrected chi connectivity index (χ3v) is 4.24. The first-order valence-corrected chi connectivity index (χ1v) is 7.15. The van der Waals surface area contributed by atoms with E-state index in [1.807, 2.05) is 0 Å². The van der Waals surface area contributed by atoms with Crippen molar-refractivity contribution in [2.75, 3.05) is 5.32 Å². The minimum atomic E-state index is -0.256. The molecule has 0 saturated heterocycles. The lowest BCUT2D eigenvalue weighted by molar-refractivity contribution is 0.266. The quantitative estimate of drug-likeness (QED) is 0.804. The Bertz CT molecular complexity index is 397. The largest absolute Gasteiger partial charge is 0.380 e. The predicted molar refractivity (Wildman–Crippen MR) is 75.6 cm³/mol. The first-order chi connectivity index (χ1) is 8.56. The summed E-state index contributed by atoms with van der Waals surface area (Å²) in [5.41, 5.74) is 0.576. The Balaban J connectivity index is 1.91. The summed E-state index contributed by atoms with van der Waals surface area (Å²) in [7, 11) is 0. The predicted octanol–water partition coefficient (Wildman–Crippen LogP) is 5.11. The van der Waals surface area contributed by atoms with E-state index in [2.05, 4.69) is 19.2 Å². The highest BCUT2D eigenvalue weighted by Gasteiger charge is 2.23. The molecular formula is C15H21ClFN. The van der Waals surface area contributed by atoms with Crippen molar-refractivity contribution < 1.29 is 4.39 Å². The zero-order chi connectivity index (χ0) is 13.1. The minimum Gasteiger partial charge on any atom is -0.380 e. The molecule has 1 aliphatic rings. The molecule has 1 N–H and O–H groups in total. The lowest BCUT2D eigenvalue weighted by Gasteiger charge is -2.31. The van der Waals surface area contributed by atoms with Crippen molar-refractivity contribution >= 4 is 17.3 Å². The van der Waals surface area contributed by atoms with E-state index in [0.29, 0.717) is 16.8 Å². The van der Waals surface area contributed by atoms with Gasteiger partial charge in [-0.1, -0.05) is 25.4 Å². The Hall–Kier alpha value is -0.760. The number of benzene rings is 1. The molecule has 1 aliphatic carbocycles. The van der Waals surface area contributed by atoms with Gasteiger partial charge in [0.2, 0.25) is 0 Å². The van der Waals surface area contributed by atoms with Crippen molar-refractivity contribution in [3.63, 3.8) is 0 Å². The molecule has 0 bridgehead atoms. The van der Waals surface area contributed by atoms with Crippen LogP contribution < -0.4 is 5.32 Å². The van der Waals surface area contributed by atoms with Gasteiger partial charge in [-0.2, -0.15) is 0 Å². The molecule has 1 aromatic carbocycles. The first-order valence-electron chi connectivity index (χ1n) is 6.78. The van der Waals surface area contributed by atoms with Crippen molar-refractivity contribution in [1.82, 2.24) is 0 Å². The van der Waals surface area contributed by atoms with Crippen molar-refractivity contribution in [3.05, 3.63) is 29.0 Å². The molecule has 1 fully saturated rings. The van der Waals surface area contributed by atoms with Gasteiger partial charge in [0.15, 0.2) is 0 Å². The van der Waals surface area contributed by atoms with E-state index in [-0.39, 0.29) is 5.82 Å². The summed E-state index contributed by atoms with van der Waals surface area (Å²) in [4.78, 5) is 0. The van der Waals surface area contributed by atoms with Crippen LogP contribution in [0.15, 0.2) is 18.2 Å². The number of hydrogen-bond acceptors (Lipinski definition) is 1. The maximum Gasteiger partial charge on any atom is 0.147 e. The molecule has 1 nitrogen and oxygen atoms in total. The smallest absolute Gasteiger partial charge is 0.147 e. The van der Waals surface area contributed by atoms with Crippen LogP contribution in [0.25, 0.3) is 0 Å². The van der Waals surface area contributed by atoms with Crippen LogP contribution in [0, 0.1) is 17.7 Å². The molecule has 100 valence electrons. The number of rotatable bonds is 3. The molecule has 0 radical (unpaired) electrons. The van der Waals surface area contributed by atoms with Crippen LogP contribution in [0.2, 0.25) is 5.02 Å². The van der Waals surface area contributed by atoms with E-state index < -0.39 is 0 Å². The average Bonchev–Trinajstić information content (AvgIpc) is 2.33. The highest BCUT2D eigenvalue weighted by molar-refractivity contribution is 6.30. The van der Waals surface area contributed by atoms with Crippen LogP contribution in [-0.4, -0.2) is 6.04 Å². The Kier molecular flexibility index (Phi) is 4.50. The highest BCUT2D eigenvalue weighted by atomic mass is 35.5. The summed E-state index contributed by atoms with van der Waals surface area (Å²) in [5, 5.41) is 3.75. The third kappa shape index (κ3) is 3.38. The number of nitrogens with one attached hydrogen (secondary N) is 1. The van der Waals surface area contributed by atoms with Gasteiger partial charge in [-0.15, -0.1) is 0 Å². The van der Waals surface area contributed by atoms with Gasteiger partial charge < -0.3 is 5.32 Å². The van der Waals surface area contributed by atoms with E-state index in [1.54, 1.807) is 12.1 Å². The molecule has 0 unspecified atom stereocenters. The average molecular weight is 270 g/mol. The molecule has 1 aromatic rings. The molecule has 0 amide bonds. The van der Waals surface area contributed by atoms with E-state index in [0.717, 1.165) is 24.7 Å². The van der Waals surface area contributed by atoms with Crippen LogP contribution in [0.4, 0.5) is 10.1 Å². The van der Waals surface area contributed by atoms with E-state index in [1.165, 1.54) is 18.9 Å². The van der Waals surface area contributed by atoms with Crippen molar-refractivity contribution in [2.24, 2.45) is 11.8 Å². The van der Waals surface area contributed by atoms with Crippen LogP contribution >= 0.6 is 11.6 Å². The Morgan fingerprint density at radius 3 is 2.44 bits per heavy atom. The topological polar surface area (TPSA) is 12.0 Å². The van der Waals surface area contributed by atoms with Crippen molar-refractivity contribution in [1.29, 1.82) is 0 Å². The first kappa shape index (κ1) is 13.7. The SMILES string of the molecule is CC(C)C1CCC(Nc2ccc(Cl)cc2F)CC1. The van der Waals surface area contributed by atoms with Gasteiger partial charge in [0.1, 0.15) is 5.82 Å². The molecule has 0 aromatic heterocycles. The Morgan fingerprint density at radius 1 is 1.22 bits per heavy atom. The highest BCUT2D eigenvalue weighted by Crippen LogP contribution is 2.32. The zero-order valence-electron chi connectivity index (χ0n) is 11.0. The molecule has 2 rings (SSSR count). The summed E-state index contributed by atoms with van der Waals surface area (Å²) < 4.78 is 13.7. The lowest BCUT2D eigenvalue weighted by Crippen LogP contribution is -2.28. The van der Waals surface area contributed by atoms with E-state index in [4.69, 9.17) is 11.6 Å². The molecule has 1 saturated carbocycles. The lowest BCUT2D eigenvalue weighted by atomic mass is 9.79. The van der Waals surface area contributed by atoms with Crippen molar-refractivity contribution in [2.45, 2.75) is 45.6 Å². The molecule has 18 heavy (non-hydrogen) atoms. The second-order valence-electron chi connectivity index (χ2n) is 5.62. The molecule has 0 heterocycles. The standard InChI is InChI=1S/C15H21ClFN/c1-10(2)11-3-6-13(7-4-11)18-15-8-5-12(16)9-14(15)17/h5,8-11,13,18H,3-4,6-7H2,1-2H3. The zero-order valence-corrected chi connectivity index (χ0v) is 11.8. The fraction of sp³-hybridized carbons (Fsp3) is 0.600. The summed E-state index contributed by atoms with van der Waals surface area (Å²) in [5.74, 6) is 1.34. The van der Waals surface area contributed by atoms with Gasteiger partial charge in [0.05, 0.1) is 5.69 Å². The summed E-state index contributed by atoms with van der Waals surface area (Å²) >= 11 is 5.75. The van der Waals surface area contributed by atoms with Crippen LogP contribution in [0.5, 0.6) is 0 Å². The van der Waals surface area contributed by atoms with Crippen LogP contribution in [0.3, 0.4) is 0 Å².